The van der Waals surface area contributed by atoms with Gasteiger partial charge in [-0.05, 0) is 48.9 Å². The maximum absolute atomic E-state index is 12.5. The van der Waals surface area contributed by atoms with Gasteiger partial charge in [0.25, 0.3) is 11.5 Å². The summed E-state index contributed by atoms with van der Waals surface area (Å²) in [6, 6.07) is 11.7. The lowest BCUT2D eigenvalue weighted by Crippen LogP contribution is -2.25. The summed E-state index contributed by atoms with van der Waals surface area (Å²) in [7, 11) is 0. The molecule has 1 unspecified atom stereocenters. The van der Waals surface area contributed by atoms with Crippen molar-refractivity contribution in [2.24, 2.45) is 0 Å². The number of amides is 2. The number of carbonyl (C=O) groups is 2. The van der Waals surface area contributed by atoms with Crippen LogP contribution in [0.4, 0.5) is 11.4 Å². The van der Waals surface area contributed by atoms with Gasteiger partial charge in [0.1, 0.15) is 0 Å². The normalized spacial score (nSPS) is 11.5. The molecular weight excluding hydrogens is 424 g/mol. The molecule has 0 radical (unpaired) electrons. The third kappa shape index (κ3) is 5.84. The minimum Gasteiger partial charge on any atom is -0.325 e. The van der Waals surface area contributed by atoms with Crippen LogP contribution in [-0.4, -0.2) is 30.5 Å². The van der Waals surface area contributed by atoms with Crippen LogP contribution < -0.4 is 21.9 Å². The lowest BCUT2D eigenvalue weighted by molar-refractivity contribution is -0.115. The Bertz CT molecular complexity index is 1250. The number of hydrogen-bond donors (Lipinski definition) is 5. The van der Waals surface area contributed by atoms with E-state index in [4.69, 9.17) is 4.55 Å². The van der Waals surface area contributed by atoms with Gasteiger partial charge in [0.15, 0.2) is 11.1 Å². The van der Waals surface area contributed by atoms with Crippen LogP contribution >= 0.6 is 0 Å². The summed E-state index contributed by atoms with van der Waals surface area (Å²) >= 11 is -2.11. The highest BCUT2D eigenvalue weighted by Crippen LogP contribution is 2.19. The maximum Gasteiger partial charge on any atom is 0.325 e. The van der Waals surface area contributed by atoms with Gasteiger partial charge in [-0.15, -0.1) is 0 Å². The van der Waals surface area contributed by atoms with Crippen molar-refractivity contribution in [3.8, 4) is 0 Å². The fraction of sp³-hybridized carbons (Fsp3) is 0.100. The first-order chi connectivity index (χ1) is 14.7. The predicted octanol–water partition coefficient (Wildman–Crippen LogP) is 1.39. The SMILES string of the molecule is Cc1ccc(C(=O)Nc2ccc(S(=O)O)cc2)cc1NC(=O)Cc1cc(=O)[nH]c(=O)[nH]1. The molecule has 31 heavy (non-hydrogen) atoms. The van der Waals surface area contributed by atoms with E-state index in [0.29, 0.717) is 16.9 Å². The van der Waals surface area contributed by atoms with E-state index < -0.39 is 34.1 Å². The van der Waals surface area contributed by atoms with Crippen molar-refractivity contribution in [1.82, 2.24) is 9.97 Å². The zero-order valence-corrected chi connectivity index (χ0v) is 17.0. The molecule has 1 aromatic heterocycles. The van der Waals surface area contributed by atoms with Gasteiger partial charge in [-0.1, -0.05) is 6.07 Å². The number of rotatable bonds is 6. The molecule has 160 valence electrons. The van der Waals surface area contributed by atoms with Crippen molar-refractivity contribution in [3.05, 3.63) is 86.2 Å². The van der Waals surface area contributed by atoms with Crippen LogP contribution in [0.2, 0.25) is 0 Å². The molecule has 0 spiro atoms. The molecule has 2 aromatic carbocycles. The van der Waals surface area contributed by atoms with Crippen molar-refractivity contribution >= 4 is 34.3 Å². The molecule has 0 saturated carbocycles. The van der Waals surface area contributed by atoms with Crippen LogP contribution in [0, 0.1) is 6.92 Å². The molecule has 5 N–H and O–H groups in total. The second-order valence-corrected chi connectivity index (χ2v) is 7.56. The predicted molar refractivity (Wildman–Crippen MR) is 115 cm³/mol. The van der Waals surface area contributed by atoms with E-state index in [0.717, 1.165) is 6.07 Å². The number of aromatic nitrogens is 2. The molecule has 1 heterocycles. The summed E-state index contributed by atoms with van der Waals surface area (Å²) in [5.74, 6) is -0.915. The topological polar surface area (TPSA) is 161 Å². The van der Waals surface area contributed by atoms with Crippen molar-refractivity contribution in [1.29, 1.82) is 0 Å². The largest absolute Gasteiger partial charge is 0.325 e. The van der Waals surface area contributed by atoms with E-state index in [1.807, 2.05) is 4.98 Å². The molecule has 1 atom stereocenters. The van der Waals surface area contributed by atoms with Crippen molar-refractivity contribution in [3.63, 3.8) is 0 Å². The van der Waals surface area contributed by atoms with Gasteiger partial charge < -0.3 is 20.2 Å². The third-order valence-electron chi connectivity index (χ3n) is 4.25. The lowest BCUT2D eigenvalue weighted by atomic mass is 10.1. The number of benzene rings is 2. The molecule has 0 fully saturated rings. The zero-order valence-electron chi connectivity index (χ0n) is 16.2. The molecule has 0 saturated heterocycles. The lowest BCUT2D eigenvalue weighted by Gasteiger charge is -2.11. The molecule has 10 nitrogen and oxygen atoms in total. The molecule has 0 aliphatic carbocycles. The first-order valence-corrected chi connectivity index (χ1v) is 10.1. The molecule has 3 aromatic rings. The van der Waals surface area contributed by atoms with E-state index in [1.165, 1.54) is 30.3 Å². The Morgan fingerprint density at radius 3 is 2.35 bits per heavy atom. The van der Waals surface area contributed by atoms with Crippen LogP contribution in [0.3, 0.4) is 0 Å². The Morgan fingerprint density at radius 1 is 1.00 bits per heavy atom. The number of aryl methyl sites for hydroxylation is 1. The molecule has 3 rings (SSSR count). The van der Waals surface area contributed by atoms with Crippen LogP contribution in [0.1, 0.15) is 21.6 Å². The van der Waals surface area contributed by atoms with Gasteiger partial charge >= 0.3 is 5.69 Å². The van der Waals surface area contributed by atoms with Crippen LogP contribution in [0.15, 0.2) is 63.0 Å². The Labute approximate surface area is 178 Å². The van der Waals surface area contributed by atoms with E-state index in [9.17, 15) is 23.4 Å². The van der Waals surface area contributed by atoms with Crippen LogP contribution in [0.25, 0.3) is 0 Å². The summed E-state index contributed by atoms with van der Waals surface area (Å²) in [4.78, 5) is 52.1. The van der Waals surface area contributed by atoms with E-state index in [1.54, 1.807) is 19.1 Å². The molecule has 0 aliphatic heterocycles. The summed E-state index contributed by atoms with van der Waals surface area (Å²) in [6.45, 7) is 1.75. The zero-order chi connectivity index (χ0) is 22.5. The molecule has 0 aliphatic rings. The van der Waals surface area contributed by atoms with Gasteiger partial charge in [-0.25, -0.2) is 9.00 Å². The summed E-state index contributed by atoms with van der Waals surface area (Å²) in [5, 5.41) is 5.33. The van der Waals surface area contributed by atoms with Gasteiger partial charge in [0.2, 0.25) is 5.91 Å². The second kappa shape index (κ2) is 9.32. The van der Waals surface area contributed by atoms with Crippen molar-refractivity contribution < 1.29 is 18.4 Å². The average molecular weight is 442 g/mol. The van der Waals surface area contributed by atoms with E-state index in [2.05, 4.69) is 15.6 Å². The minimum atomic E-state index is -2.11. The van der Waals surface area contributed by atoms with Crippen molar-refractivity contribution in [2.45, 2.75) is 18.2 Å². The Kier molecular flexibility index (Phi) is 6.58. The summed E-state index contributed by atoms with van der Waals surface area (Å²) < 4.78 is 20.1. The number of carbonyl (C=O) groups excluding carboxylic acids is 2. The van der Waals surface area contributed by atoms with Gasteiger partial charge in [-0.3, -0.25) is 19.4 Å². The number of H-pyrrole nitrogens is 2. The third-order valence-corrected chi connectivity index (χ3v) is 4.93. The monoisotopic (exact) mass is 442 g/mol. The smallest absolute Gasteiger partial charge is 0.325 e. The molecular formula is C20H18N4O6S. The van der Waals surface area contributed by atoms with E-state index >= 15 is 0 Å². The fourth-order valence-electron chi connectivity index (χ4n) is 2.74. The molecule has 11 heteroatoms. The maximum atomic E-state index is 12.5. The van der Waals surface area contributed by atoms with Gasteiger partial charge in [-0.2, -0.15) is 0 Å². The Hall–Kier alpha value is -3.83. The highest BCUT2D eigenvalue weighted by molar-refractivity contribution is 7.79. The minimum absolute atomic E-state index is 0.157. The number of anilines is 2. The highest BCUT2D eigenvalue weighted by atomic mass is 32.2. The first kappa shape index (κ1) is 21.9. The summed E-state index contributed by atoms with van der Waals surface area (Å²) in [5.41, 5.74) is 0.659. The quantitative estimate of drug-likeness (QED) is 0.362. The number of aromatic amines is 2. The second-order valence-electron chi connectivity index (χ2n) is 6.60. The van der Waals surface area contributed by atoms with E-state index in [-0.39, 0.29) is 22.6 Å². The number of hydrogen-bond acceptors (Lipinski definition) is 5. The average Bonchev–Trinajstić information content (AvgIpc) is 2.69. The standard InChI is InChI=1S/C20H18N4O6S/c1-11-2-3-12(19(27)21-13-4-6-15(7-5-13)31(29)30)8-16(11)23-17(25)9-14-10-18(26)24-20(28)22-14/h2-8,10H,9H2,1H3,(H,21,27)(H,23,25)(H,29,30)(H2,22,24,26,28). The van der Waals surface area contributed by atoms with Crippen molar-refractivity contribution in [2.75, 3.05) is 10.6 Å². The summed E-state index contributed by atoms with van der Waals surface area (Å²) in [6.07, 6.45) is -0.229. The Morgan fingerprint density at radius 2 is 1.71 bits per heavy atom. The van der Waals surface area contributed by atoms with Crippen LogP contribution in [0.5, 0.6) is 0 Å². The van der Waals surface area contributed by atoms with Gasteiger partial charge in [0, 0.05) is 28.7 Å². The molecule has 2 amide bonds. The van der Waals surface area contributed by atoms with Crippen LogP contribution in [-0.2, 0) is 22.3 Å². The Balaban J connectivity index is 1.72. The fourth-order valence-corrected chi connectivity index (χ4v) is 3.11. The van der Waals surface area contributed by atoms with Gasteiger partial charge in [0.05, 0.1) is 11.3 Å². The highest BCUT2D eigenvalue weighted by Gasteiger charge is 2.12. The molecule has 0 bridgehead atoms. The first-order valence-electron chi connectivity index (χ1n) is 8.96. The number of nitrogens with one attached hydrogen (secondary N) is 4.